The van der Waals surface area contributed by atoms with Crippen LogP contribution in [-0.4, -0.2) is 51.2 Å². The molecule has 0 aliphatic rings. The van der Waals surface area contributed by atoms with Crippen LogP contribution >= 0.6 is 0 Å². The fourth-order valence-corrected chi connectivity index (χ4v) is 0.108. The topological polar surface area (TPSA) is 110 Å². The van der Waals surface area contributed by atoms with Gasteiger partial charge in [-0.15, -0.1) is 0 Å². The summed E-state index contributed by atoms with van der Waals surface area (Å²) < 4.78 is 0. The molecule has 0 aromatic rings. The number of aliphatic hydroxyl groups is 1. The van der Waals surface area contributed by atoms with Crippen molar-refractivity contribution in [3.63, 3.8) is 0 Å². The zero-order chi connectivity index (χ0) is 15.9. The van der Waals surface area contributed by atoms with Crippen LogP contribution in [0, 0.1) is 6.57 Å². The van der Waals surface area contributed by atoms with E-state index >= 15 is 0 Å². The van der Waals surface area contributed by atoms with E-state index in [-0.39, 0.29) is 23.4 Å². The molecule has 18 heavy (non-hydrogen) atoms. The minimum Gasteiger partial charge on any atom is -0.385 e. The van der Waals surface area contributed by atoms with Crippen molar-refractivity contribution in [2.45, 2.75) is 26.0 Å². The molecule has 0 aromatic heterocycles. The van der Waals surface area contributed by atoms with E-state index in [1.807, 2.05) is 33.9 Å². The number of rotatable bonds is 1. The summed E-state index contributed by atoms with van der Waals surface area (Å²) in [6.45, 7) is 19.7. The standard InChI is InChI=1S/C5H9NO.5CH2O.Cr/c1-4(6-3)5(2)7;5*1-2;/h4-5,7H,1-2H3;5*1H2;. The van der Waals surface area contributed by atoms with E-state index in [0.29, 0.717) is 0 Å². The van der Waals surface area contributed by atoms with Crippen molar-refractivity contribution in [2.24, 2.45) is 0 Å². The van der Waals surface area contributed by atoms with Crippen LogP contribution in [0.4, 0.5) is 0 Å². The third kappa shape index (κ3) is 136. The fourth-order valence-electron chi connectivity index (χ4n) is 0.108. The number of carbonyl (C=O) groups is 5. The van der Waals surface area contributed by atoms with Crippen molar-refractivity contribution in [2.75, 3.05) is 0 Å². The van der Waals surface area contributed by atoms with Crippen molar-refractivity contribution in [1.82, 2.24) is 0 Å². The van der Waals surface area contributed by atoms with E-state index in [2.05, 4.69) is 4.85 Å². The number of hydrogen-bond donors (Lipinski definition) is 1. The summed E-state index contributed by atoms with van der Waals surface area (Å²) in [6, 6.07) is -0.250. The van der Waals surface area contributed by atoms with Crippen molar-refractivity contribution < 1.29 is 46.4 Å². The SMILES string of the molecule is C=O.C=O.C=O.C=O.C=O.[C-]#[N+]C(C)C(C)O.[Cr]. The molecule has 7 nitrogen and oxygen atoms in total. The van der Waals surface area contributed by atoms with Crippen molar-refractivity contribution in [1.29, 1.82) is 0 Å². The predicted molar refractivity (Wildman–Crippen MR) is 63.3 cm³/mol. The Morgan fingerprint density at radius 3 is 1.00 bits per heavy atom. The molecule has 0 amide bonds. The average molecular weight is 301 g/mol. The molecule has 0 radical (unpaired) electrons. The van der Waals surface area contributed by atoms with E-state index < -0.39 is 6.10 Å². The number of aliphatic hydroxyl groups excluding tert-OH is 1. The summed E-state index contributed by atoms with van der Waals surface area (Å²) >= 11 is 0. The molecular weight excluding hydrogens is 282 g/mol. The maximum absolute atomic E-state index is 8.61. The Bertz CT molecular complexity index is 142. The van der Waals surface area contributed by atoms with Crippen LogP contribution in [0.3, 0.4) is 0 Å². The third-order valence-corrected chi connectivity index (χ3v) is 0.902. The summed E-state index contributed by atoms with van der Waals surface area (Å²) in [5.74, 6) is 0. The zero-order valence-corrected chi connectivity index (χ0v) is 11.8. The number of hydrogen-bond acceptors (Lipinski definition) is 6. The van der Waals surface area contributed by atoms with E-state index in [1.165, 1.54) is 0 Å². The molecule has 0 spiro atoms. The Morgan fingerprint density at radius 1 is 0.833 bits per heavy atom. The van der Waals surface area contributed by atoms with E-state index in [9.17, 15) is 0 Å². The summed E-state index contributed by atoms with van der Waals surface area (Å²) in [5.41, 5.74) is 0. The molecule has 0 fully saturated rings. The van der Waals surface area contributed by atoms with E-state index in [0.717, 1.165) is 0 Å². The molecule has 0 bridgehead atoms. The van der Waals surface area contributed by atoms with Gasteiger partial charge in [-0.25, -0.2) is 6.57 Å². The van der Waals surface area contributed by atoms with Gasteiger partial charge in [0.2, 0.25) is 6.04 Å². The van der Waals surface area contributed by atoms with Crippen molar-refractivity contribution >= 4 is 33.9 Å². The first-order chi connectivity index (χ1) is 8.18. The average Bonchev–Trinajstić information content (AvgIpc) is 2.48. The minimum atomic E-state index is -0.488. The van der Waals surface area contributed by atoms with Gasteiger partial charge in [-0.05, 0) is 6.92 Å². The van der Waals surface area contributed by atoms with Gasteiger partial charge in [-0.1, -0.05) is 0 Å². The molecule has 106 valence electrons. The normalized spacial score (nSPS) is 7.89. The first-order valence-corrected chi connectivity index (χ1v) is 3.67. The van der Waals surface area contributed by atoms with Gasteiger partial charge < -0.3 is 33.9 Å². The first-order valence-electron chi connectivity index (χ1n) is 3.67. The predicted octanol–water partition coefficient (Wildman–Crippen LogP) is -0.252. The second kappa shape index (κ2) is 111. The van der Waals surface area contributed by atoms with Gasteiger partial charge in [0.05, 0.1) is 0 Å². The molecule has 1 N–H and O–H groups in total. The third-order valence-electron chi connectivity index (χ3n) is 0.902. The summed E-state index contributed by atoms with van der Waals surface area (Å²) in [5, 5.41) is 8.61. The monoisotopic (exact) mass is 301 g/mol. The molecule has 0 saturated carbocycles. The largest absolute Gasteiger partial charge is 0.385 e. The van der Waals surface area contributed by atoms with Crippen molar-refractivity contribution in [3.05, 3.63) is 11.4 Å². The number of carbonyl (C=O) groups excluding carboxylic acids is 5. The van der Waals surface area contributed by atoms with Gasteiger partial charge >= 0.3 is 0 Å². The molecule has 2 unspecified atom stereocenters. The summed E-state index contributed by atoms with van der Waals surface area (Å²) in [6.07, 6.45) is -0.488. The van der Waals surface area contributed by atoms with Gasteiger partial charge in [0.15, 0.2) is 0 Å². The maximum atomic E-state index is 8.61. The van der Waals surface area contributed by atoms with Crippen molar-refractivity contribution in [3.8, 4) is 0 Å². The minimum absolute atomic E-state index is 0. The second-order valence-corrected chi connectivity index (χ2v) is 1.61. The van der Waals surface area contributed by atoms with E-state index in [1.54, 1.807) is 13.8 Å². The van der Waals surface area contributed by atoms with Gasteiger partial charge in [0, 0.05) is 24.3 Å². The zero-order valence-electron chi connectivity index (χ0n) is 10.5. The van der Waals surface area contributed by atoms with Crippen LogP contribution in [0.1, 0.15) is 13.8 Å². The molecule has 0 aliphatic heterocycles. The van der Waals surface area contributed by atoms with Crippen LogP contribution in [-0.2, 0) is 41.3 Å². The summed E-state index contributed by atoms with van der Waals surface area (Å²) in [4.78, 5) is 43.1. The Balaban J connectivity index is -0.0000000189. The molecule has 0 aliphatic carbocycles. The van der Waals surface area contributed by atoms with Gasteiger partial charge in [-0.3, -0.25) is 0 Å². The van der Waals surface area contributed by atoms with Crippen LogP contribution in [0.25, 0.3) is 4.85 Å². The molecular formula is C10H19CrNO6. The van der Waals surface area contributed by atoms with Crippen LogP contribution in [0.5, 0.6) is 0 Å². The second-order valence-electron chi connectivity index (χ2n) is 1.61. The molecule has 0 saturated heterocycles. The van der Waals surface area contributed by atoms with Gasteiger partial charge in [0.1, 0.15) is 40.0 Å². The first kappa shape index (κ1) is 44.1. The molecule has 0 heterocycles. The smallest absolute Gasteiger partial charge is 0.246 e. The Morgan fingerprint density at radius 2 is 1.00 bits per heavy atom. The van der Waals surface area contributed by atoms with Crippen LogP contribution in [0.2, 0.25) is 0 Å². The van der Waals surface area contributed by atoms with E-state index in [4.69, 9.17) is 35.7 Å². The van der Waals surface area contributed by atoms with Gasteiger partial charge in [-0.2, -0.15) is 0 Å². The maximum Gasteiger partial charge on any atom is 0.246 e. The van der Waals surface area contributed by atoms with Crippen LogP contribution in [0.15, 0.2) is 0 Å². The molecule has 0 rings (SSSR count). The molecule has 2 atom stereocenters. The quantitative estimate of drug-likeness (QED) is 0.669. The van der Waals surface area contributed by atoms with Gasteiger partial charge in [0.25, 0.3) is 0 Å². The Labute approximate surface area is 118 Å². The number of nitrogens with zero attached hydrogens (tertiary/aromatic N) is 1. The fraction of sp³-hybridized carbons (Fsp3) is 0.400. The Kier molecular flexibility index (Phi) is 271. The van der Waals surface area contributed by atoms with Crippen LogP contribution < -0.4 is 0 Å². The molecule has 8 heteroatoms. The summed E-state index contributed by atoms with van der Waals surface area (Å²) in [7, 11) is 0. The molecule has 0 aromatic carbocycles. The Hall–Kier alpha value is -1.67.